The first-order valence-corrected chi connectivity index (χ1v) is 7.23. The van der Waals surface area contributed by atoms with Gasteiger partial charge in [0.05, 0.1) is 4.91 Å². The lowest BCUT2D eigenvalue weighted by molar-refractivity contribution is 0.252. The molecule has 0 aliphatic heterocycles. The van der Waals surface area contributed by atoms with Gasteiger partial charge >= 0.3 is 0 Å². The molecule has 0 amide bonds. The van der Waals surface area contributed by atoms with E-state index in [1.165, 1.54) is 0 Å². The molecule has 4 N–H and O–H groups in total. The molecule has 0 fully saturated rings. The molecule has 0 saturated heterocycles. The molecule has 0 spiro atoms. The Morgan fingerprint density at radius 3 is 2.50 bits per heavy atom. The van der Waals surface area contributed by atoms with Crippen LogP contribution in [0.25, 0.3) is 0 Å². The lowest BCUT2D eigenvalue weighted by atomic mass is 9.73. The molecule has 94 valence electrons. The van der Waals surface area contributed by atoms with Gasteiger partial charge in [0.2, 0.25) is 0 Å². The van der Waals surface area contributed by atoms with Crippen LogP contribution in [0.4, 0.5) is 0 Å². The molecule has 0 radical (unpaired) electrons. The Morgan fingerprint density at radius 2 is 2.06 bits per heavy atom. The Hall–Kier alpha value is -0.290. The topological polar surface area (TPSA) is 66.5 Å². The third kappa shape index (κ3) is 3.10. The highest BCUT2D eigenvalue weighted by Gasteiger charge is 2.31. The summed E-state index contributed by atoms with van der Waals surface area (Å²) in [6.45, 7) is 8.57. The SMILES string of the molecule is CC1C=CC(S(N)(O)O)=CC(C)(C(C)C)C1. The van der Waals surface area contributed by atoms with Crippen molar-refractivity contribution in [2.45, 2.75) is 34.1 Å². The summed E-state index contributed by atoms with van der Waals surface area (Å²) in [7, 11) is -3.10. The van der Waals surface area contributed by atoms with Crippen LogP contribution in [-0.2, 0) is 0 Å². The minimum Gasteiger partial charge on any atom is -0.282 e. The summed E-state index contributed by atoms with van der Waals surface area (Å²) in [5.41, 5.74) is -0.0403. The minimum absolute atomic E-state index is 0.0403. The number of rotatable bonds is 2. The zero-order chi connectivity index (χ0) is 12.6. The molecule has 2 unspecified atom stereocenters. The molecule has 1 rings (SSSR count). The Bertz CT molecular complexity index is 317. The smallest absolute Gasteiger partial charge is 0.0710 e. The van der Waals surface area contributed by atoms with Crippen LogP contribution in [0.3, 0.4) is 0 Å². The van der Waals surface area contributed by atoms with Gasteiger partial charge in [-0.25, -0.2) is 5.14 Å². The van der Waals surface area contributed by atoms with Crippen LogP contribution in [0, 0.1) is 17.3 Å². The molecule has 0 aromatic carbocycles. The summed E-state index contributed by atoms with van der Waals surface area (Å²) in [6.07, 6.45) is 6.70. The van der Waals surface area contributed by atoms with Crippen LogP contribution < -0.4 is 5.14 Å². The second-order valence-electron chi connectivity index (χ2n) is 5.34. The lowest BCUT2D eigenvalue weighted by Gasteiger charge is -2.34. The summed E-state index contributed by atoms with van der Waals surface area (Å²) < 4.78 is 19.1. The largest absolute Gasteiger partial charge is 0.282 e. The second-order valence-corrected chi connectivity index (χ2v) is 7.00. The zero-order valence-electron chi connectivity index (χ0n) is 10.5. The van der Waals surface area contributed by atoms with E-state index in [1.807, 2.05) is 12.2 Å². The van der Waals surface area contributed by atoms with Crippen molar-refractivity contribution in [3.05, 3.63) is 23.1 Å². The van der Waals surface area contributed by atoms with Crippen molar-refractivity contribution in [3.8, 4) is 0 Å². The summed E-state index contributed by atoms with van der Waals surface area (Å²) in [6, 6.07) is 0. The van der Waals surface area contributed by atoms with Gasteiger partial charge in [-0.3, -0.25) is 9.11 Å². The first-order chi connectivity index (χ1) is 7.15. The van der Waals surface area contributed by atoms with E-state index in [9.17, 15) is 9.11 Å². The van der Waals surface area contributed by atoms with Crippen molar-refractivity contribution >= 4 is 10.8 Å². The van der Waals surface area contributed by atoms with Gasteiger partial charge in [0.15, 0.2) is 0 Å². The van der Waals surface area contributed by atoms with Crippen molar-refractivity contribution in [3.63, 3.8) is 0 Å². The van der Waals surface area contributed by atoms with Gasteiger partial charge in [0.25, 0.3) is 0 Å². The van der Waals surface area contributed by atoms with Crippen molar-refractivity contribution in [2.75, 3.05) is 0 Å². The maximum Gasteiger partial charge on any atom is 0.0710 e. The van der Waals surface area contributed by atoms with Crippen molar-refractivity contribution < 1.29 is 9.11 Å². The lowest BCUT2D eigenvalue weighted by Crippen LogP contribution is -2.24. The fourth-order valence-corrected chi connectivity index (χ4v) is 2.76. The third-order valence-electron chi connectivity index (χ3n) is 3.49. The van der Waals surface area contributed by atoms with Crippen molar-refractivity contribution in [2.24, 2.45) is 22.4 Å². The van der Waals surface area contributed by atoms with E-state index in [-0.39, 0.29) is 5.41 Å². The summed E-state index contributed by atoms with van der Waals surface area (Å²) >= 11 is 0. The van der Waals surface area contributed by atoms with Gasteiger partial charge in [-0.1, -0.05) is 39.8 Å². The monoisotopic (exact) mass is 245 g/mol. The van der Waals surface area contributed by atoms with Gasteiger partial charge in [-0.15, -0.1) is 10.8 Å². The van der Waals surface area contributed by atoms with Gasteiger partial charge in [0, 0.05) is 0 Å². The highest BCUT2D eigenvalue weighted by atomic mass is 32.3. The van der Waals surface area contributed by atoms with E-state index in [2.05, 4.69) is 27.7 Å². The number of hydrogen-bond donors (Lipinski definition) is 3. The summed E-state index contributed by atoms with van der Waals surface area (Å²) in [5.74, 6) is 0.856. The molecule has 0 heterocycles. The average molecular weight is 245 g/mol. The molecule has 3 nitrogen and oxygen atoms in total. The number of hydrogen-bond acceptors (Lipinski definition) is 3. The molecule has 4 heteroatoms. The van der Waals surface area contributed by atoms with E-state index in [0.29, 0.717) is 16.7 Å². The summed E-state index contributed by atoms with van der Waals surface area (Å²) in [5, 5.41) is 5.42. The van der Waals surface area contributed by atoms with Crippen LogP contribution in [0.2, 0.25) is 0 Å². The molecular formula is C12H23NO2S. The van der Waals surface area contributed by atoms with E-state index in [1.54, 1.807) is 6.08 Å². The highest BCUT2D eigenvalue weighted by Crippen LogP contribution is 2.47. The number of allylic oxidation sites excluding steroid dienone is 3. The maximum atomic E-state index is 9.56. The van der Waals surface area contributed by atoms with Crippen LogP contribution >= 0.6 is 10.8 Å². The van der Waals surface area contributed by atoms with Gasteiger partial charge in [-0.05, 0) is 29.7 Å². The second kappa shape index (κ2) is 4.53. The highest BCUT2D eigenvalue weighted by molar-refractivity contribution is 8.25. The Kier molecular flexibility index (Phi) is 3.90. The van der Waals surface area contributed by atoms with Gasteiger partial charge in [0.1, 0.15) is 0 Å². The fourth-order valence-electron chi connectivity index (χ4n) is 2.04. The van der Waals surface area contributed by atoms with E-state index >= 15 is 0 Å². The molecule has 0 saturated carbocycles. The molecule has 0 bridgehead atoms. The van der Waals surface area contributed by atoms with Crippen molar-refractivity contribution in [1.29, 1.82) is 0 Å². The normalized spacial score (nSPS) is 32.5. The number of nitrogens with two attached hydrogens (primary N) is 1. The van der Waals surface area contributed by atoms with Crippen molar-refractivity contribution in [1.82, 2.24) is 0 Å². The van der Waals surface area contributed by atoms with E-state index < -0.39 is 10.8 Å². The first-order valence-electron chi connectivity index (χ1n) is 5.62. The quantitative estimate of drug-likeness (QED) is 0.694. The van der Waals surface area contributed by atoms with Crippen LogP contribution in [0.15, 0.2) is 23.1 Å². The Morgan fingerprint density at radius 1 is 1.50 bits per heavy atom. The predicted molar refractivity (Wildman–Crippen MR) is 71.0 cm³/mol. The first kappa shape index (κ1) is 13.8. The molecule has 1 aliphatic carbocycles. The van der Waals surface area contributed by atoms with Gasteiger partial charge < -0.3 is 0 Å². The van der Waals surface area contributed by atoms with Gasteiger partial charge in [-0.2, -0.15) is 0 Å². The Labute approximate surface area is 99.9 Å². The van der Waals surface area contributed by atoms with E-state index in [0.717, 1.165) is 6.42 Å². The standard InChI is InChI=1S/C12H23NO2S/c1-9(2)12(4)7-10(3)5-6-11(8-12)16(13,14)15/h5-6,8-10,14-15H,7,13H2,1-4H3. The minimum atomic E-state index is -3.10. The predicted octanol–water partition coefficient (Wildman–Crippen LogP) is 3.75. The van der Waals surface area contributed by atoms with E-state index in [4.69, 9.17) is 5.14 Å². The average Bonchev–Trinajstić information content (AvgIpc) is 2.24. The molecule has 1 aliphatic rings. The third-order valence-corrected chi connectivity index (χ3v) is 4.44. The Balaban J connectivity index is 3.15. The fraction of sp³-hybridized carbons (Fsp3) is 0.667. The molecule has 0 aromatic heterocycles. The maximum absolute atomic E-state index is 9.56. The molecule has 16 heavy (non-hydrogen) atoms. The molecular weight excluding hydrogens is 222 g/mol. The molecule has 0 aromatic rings. The van der Waals surface area contributed by atoms with Crippen LogP contribution in [-0.4, -0.2) is 9.11 Å². The molecule has 2 atom stereocenters. The van der Waals surface area contributed by atoms with Crippen LogP contribution in [0.1, 0.15) is 34.1 Å². The summed E-state index contributed by atoms with van der Waals surface area (Å²) in [4.78, 5) is 0.466. The van der Waals surface area contributed by atoms with Crippen LogP contribution in [0.5, 0.6) is 0 Å². The zero-order valence-corrected chi connectivity index (χ0v) is 11.3.